The highest BCUT2D eigenvalue weighted by Gasteiger charge is 2.38. The van der Waals surface area contributed by atoms with Crippen molar-refractivity contribution in [3.8, 4) is 5.75 Å². The summed E-state index contributed by atoms with van der Waals surface area (Å²) < 4.78 is 10.7. The third-order valence-electron chi connectivity index (χ3n) is 5.04. The summed E-state index contributed by atoms with van der Waals surface area (Å²) in [6, 6.07) is 8.47. The van der Waals surface area contributed by atoms with Crippen molar-refractivity contribution in [2.45, 2.75) is 38.1 Å². The highest BCUT2D eigenvalue weighted by atomic mass is 16.6. The van der Waals surface area contributed by atoms with Gasteiger partial charge in [-0.25, -0.2) is 0 Å². The van der Waals surface area contributed by atoms with Gasteiger partial charge in [-0.3, -0.25) is 14.4 Å². The number of para-hydroxylation sites is 1. The minimum atomic E-state index is -0.783. The van der Waals surface area contributed by atoms with Crippen molar-refractivity contribution < 1.29 is 23.9 Å². The van der Waals surface area contributed by atoms with Gasteiger partial charge in [0.15, 0.2) is 0 Å². The van der Waals surface area contributed by atoms with Gasteiger partial charge in [-0.1, -0.05) is 31.0 Å². The van der Waals surface area contributed by atoms with E-state index in [2.05, 4.69) is 5.32 Å². The van der Waals surface area contributed by atoms with Crippen LogP contribution in [0.4, 0.5) is 0 Å². The van der Waals surface area contributed by atoms with Crippen molar-refractivity contribution in [1.82, 2.24) is 10.2 Å². The molecule has 2 amide bonds. The van der Waals surface area contributed by atoms with Crippen LogP contribution in [0.5, 0.6) is 5.75 Å². The van der Waals surface area contributed by atoms with E-state index in [1.165, 1.54) is 0 Å². The number of benzene rings is 1. The number of hydrogen-bond donors (Lipinski definition) is 1. The summed E-state index contributed by atoms with van der Waals surface area (Å²) in [5.41, 5.74) is 0. The number of carbonyl (C=O) groups is 3. The van der Waals surface area contributed by atoms with Crippen LogP contribution in [-0.4, -0.2) is 55.0 Å². The predicted octanol–water partition coefficient (Wildman–Crippen LogP) is 1.52. The number of nitrogens with one attached hydrogen (secondary N) is 1. The molecule has 0 bridgehead atoms. The molecule has 1 aliphatic heterocycles. The minimum Gasteiger partial charge on any atom is -0.490 e. The molecule has 0 spiro atoms. The lowest BCUT2D eigenvalue weighted by atomic mass is 10.0. The molecule has 0 aromatic heterocycles. The van der Waals surface area contributed by atoms with E-state index in [1.54, 1.807) is 4.90 Å². The second-order valence-corrected chi connectivity index (χ2v) is 6.91. The molecule has 1 saturated heterocycles. The quantitative estimate of drug-likeness (QED) is 0.578. The van der Waals surface area contributed by atoms with Crippen LogP contribution in [0.25, 0.3) is 0 Å². The minimum absolute atomic E-state index is 0.00689. The topological polar surface area (TPSA) is 84.9 Å². The molecule has 1 saturated carbocycles. The Kier molecular flexibility index (Phi) is 6.68. The first-order valence-electron chi connectivity index (χ1n) is 9.57. The third kappa shape index (κ3) is 5.21. The Balaban J connectivity index is 1.47. The number of amides is 2. The maximum absolute atomic E-state index is 12.7. The van der Waals surface area contributed by atoms with Crippen LogP contribution in [0.15, 0.2) is 30.3 Å². The number of nitrogens with zero attached hydrogens (tertiary/aromatic N) is 1. The zero-order chi connectivity index (χ0) is 19.1. The lowest BCUT2D eigenvalue weighted by Gasteiger charge is -2.36. The molecule has 2 fully saturated rings. The van der Waals surface area contributed by atoms with Gasteiger partial charge in [-0.2, -0.15) is 0 Å². The van der Waals surface area contributed by atoms with Crippen molar-refractivity contribution in [2.75, 3.05) is 26.3 Å². The summed E-state index contributed by atoms with van der Waals surface area (Å²) in [5, 5.41) is 2.74. The molecule has 1 unspecified atom stereocenters. The Morgan fingerprint density at radius 1 is 1.11 bits per heavy atom. The molecule has 146 valence electrons. The van der Waals surface area contributed by atoms with Crippen molar-refractivity contribution >= 4 is 17.8 Å². The van der Waals surface area contributed by atoms with Gasteiger partial charge in [-0.15, -0.1) is 0 Å². The van der Waals surface area contributed by atoms with Crippen molar-refractivity contribution in [3.63, 3.8) is 0 Å². The molecule has 27 heavy (non-hydrogen) atoms. The number of piperazine rings is 1. The van der Waals surface area contributed by atoms with Gasteiger partial charge < -0.3 is 19.7 Å². The van der Waals surface area contributed by atoms with Gasteiger partial charge in [0.2, 0.25) is 11.8 Å². The van der Waals surface area contributed by atoms with E-state index >= 15 is 0 Å². The van der Waals surface area contributed by atoms with E-state index in [4.69, 9.17) is 9.47 Å². The molecular weight excluding hydrogens is 348 g/mol. The SMILES string of the molecule is O=C(CC1C(=O)NCCN1C(=O)C1CCCC1)OCCOc1ccccc1. The number of ether oxygens (including phenoxy) is 2. The molecule has 7 nitrogen and oxygen atoms in total. The molecule has 1 aromatic rings. The van der Waals surface area contributed by atoms with Crippen molar-refractivity contribution in [3.05, 3.63) is 30.3 Å². The van der Waals surface area contributed by atoms with E-state index in [-0.39, 0.29) is 37.4 Å². The van der Waals surface area contributed by atoms with Crippen LogP contribution in [0.2, 0.25) is 0 Å². The maximum atomic E-state index is 12.7. The standard InChI is InChI=1S/C20H26N2O5/c23-18(27-13-12-26-16-8-2-1-3-9-16)14-17-19(24)21-10-11-22(17)20(25)15-6-4-5-7-15/h1-3,8-9,15,17H,4-7,10-14H2,(H,21,24). The first kappa shape index (κ1) is 19.2. The monoisotopic (exact) mass is 374 g/mol. The number of esters is 1. The fourth-order valence-corrected chi connectivity index (χ4v) is 3.64. The second-order valence-electron chi connectivity index (χ2n) is 6.91. The lowest BCUT2D eigenvalue weighted by Crippen LogP contribution is -2.58. The number of rotatable bonds is 7. The summed E-state index contributed by atoms with van der Waals surface area (Å²) in [6.07, 6.45) is 3.70. The van der Waals surface area contributed by atoms with Gasteiger partial charge in [0.05, 0.1) is 6.42 Å². The molecular formula is C20H26N2O5. The molecule has 1 atom stereocenters. The second kappa shape index (κ2) is 9.39. The Hall–Kier alpha value is -2.57. The fraction of sp³-hybridized carbons (Fsp3) is 0.550. The largest absolute Gasteiger partial charge is 0.490 e. The van der Waals surface area contributed by atoms with Gasteiger partial charge in [-0.05, 0) is 25.0 Å². The fourth-order valence-electron chi connectivity index (χ4n) is 3.64. The van der Waals surface area contributed by atoms with Gasteiger partial charge in [0, 0.05) is 19.0 Å². The zero-order valence-electron chi connectivity index (χ0n) is 15.4. The Morgan fingerprint density at radius 3 is 2.59 bits per heavy atom. The molecule has 1 heterocycles. The van der Waals surface area contributed by atoms with Crippen molar-refractivity contribution in [1.29, 1.82) is 0 Å². The van der Waals surface area contributed by atoms with Crippen LogP contribution in [0, 0.1) is 5.92 Å². The summed E-state index contributed by atoms with van der Waals surface area (Å²) in [7, 11) is 0. The summed E-state index contributed by atoms with van der Waals surface area (Å²) >= 11 is 0. The Bertz CT molecular complexity index is 658. The van der Waals surface area contributed by atoms with E-state index in [9.17, 15) is 14.4 Å². The highest BCUT2D eigenvalue weighted by molar-refractivity contribution is 5.92. The molecule has 2 aliphatic rings. The molecule has 1 N–H and O–H groups in total. The lowest BCUT2D eigenvalue weighted by molar-refractivity contribution is -0.153. The summed E-state index contributed by atoms with van der Waals surface area (Å²) in [5.74, 6) is -0.113. The Morgan fingerprint density at radius 2 is 1.85 bits per heavy atom. The van der Waals surface area contributed by atoms with Gasteiger partial charge >= 0.3 is 5.97 Å². The predicted molar refractivity (Wildman–Crippen MR) is 98.0 cm³/mol. The van der Waals surface area contributed by atoms with E-state index in [0.717, 1.165) is 25.7 Å². The summed E-state index contributed by atoms with van der Waals surface area (Å²) in [4.78, 5) is 38.7. The highest BCUT2D eigenvalue weighted by Crippen LogP contribution is 2.28. The average molecular weight is 374 g/mol. The van der Waals surface area contributed by atoms with Crippen LogP contribution in [0.1, 0.15) is 32.1 Å². The Labute approximate surface area is 159 Å². The first-order chi connectivity index (χ1) is 13.1. The number of carbonyl (C=O) groups excluding carboxylic acids is 3. The molecule has 1 aliphatic carbocycles. The van der Waals surface area contributed by atoms with Gasteiger partial charge in [0.25, 0.3) is 0 Å². The number of hydrogen-bond acceptors (Lipinski definition) is 5. The molecule has 3 rings (SSSR count). The molecule has 1 aromatic carbocycles. The van der Waals surface area contributed by atoms with Crippen molar-refractivity contribution in [2.24, 2.45) is 5.92 Å². The molecule has 7 heteroatoms. The van der Waals surface area contributed by atoms with E-state index in [0.29, 0.717) is 18.8 Å². The van der Waals surface area contributed by atoms with E-state index in [1.807, 2.05) is 30.3 Å². The average Bonchev–Trinajstić information content (AvgIpc) is 3.22. The third-order valence-corrected chi connectivity index (χ3v) is 5.04. The van der Waals surface area contributed by atoms with Crippen LogP contribution in [0.3, 0.4) is 0 Å². The smallest absolute Gasteiger partial charge is 0.308 e. The van der Waals surface area contributed by atoms with Crippen LogP contribution >= 0.6 is 0 Å². The summed E-state index contributed by atoms with van der Waals surface area (Å²) in [6.45, 7) is 1.19. The van der Waals surface area contributed by atoms with Crippen LogP contribution in [-0.2, 0) is 19.1 Å². The normalized spacial score (nSPS) is 20.2. The van der Waals surface area contributed by atoms with E-state index < -0.39 is 12.0 Å². The van der Waals surface area contributed by atoms with Gasteiger partial charge in [0.1, 0.15) is 25.0 Å². The first-order valence-corrected chi connectivity index (χ1v) is 9.57. The van der Waals surface area contributed by atoms with Crippen LogP contribution < -0.4 is 10.1 Å². The zero-order valence-corrected chi connectivity index (χ0v) is 15.4. The molecule has 0 radical (unpaired) electrons. The maximum Gasteiger partial charge on any atom is 0.308 e.